The number of thioether (sulfide) groups is 1. The Morgan fingerprint density at radius 2 is 1.91 bits per heavy atom. The Morgan fingerprint density at radius 1 is 1.36 bits per heavy atom. The monoisotopic (exact) mass is 190 g/mol. The topological polar surface area (TPSA) is 40.5 Å². The summed E-state index contributed by atoms with van der Waals surface area (Å²) in [4.78, 5) is 0. The molecule has 0 aromatic rings. The fraction of sp³-hybridized carbons (Fsp3) is 1.00. The van der Waals surface area contributed by atoms with Gasteiger partial charge in [0.2, 0.25) is 0 Å². The highest BCUT2D eigenvalue weighted by Crippen LogP contribution is 2.21. The molecule has 0 heterocycles. The molecule has 2 nitrogen and oxygen atoms in total. The first-order valence-electron chi connectivity index (χ1n) is 2.89. The van der Waals surface area contributed by atoms with E-state index in [4.69, 9.17) is 10.2 Å². The van der Waals surface area contributed by atoms with E-state index in [1.165, 1.54) is 0 Å². The second-order valence-corrected chi connectivity index (χ2v) is 3.00. The molecule has 1 atom stereocenters. The van der Waals surface area contributed by atoms with Crippen LogP contribution in [-0.4, -0.2) is 40.6 Å². The van der Waals surface area contributed by atoms with Gasteiger partial charge < -0.3 is 10.2 Å². The molecule has 0 aliphatic carbocycles. The molecule has 0 aliphatic rings. The lowest BCUT2D eigenvalue weighted by molar-refractivity contribution is -0.105. The Labute approximate surface area is 66.4 Å². The first-order valence-corrected chi connectivity index (χ1v) is 4.04. The van der Waals surface area contributed by atoms with Crippen LogP contribution in [0.3, 0.4) is 0 Å². The zero-order chi connectivity index (χ0) is 8.91. The molecule has 0 spiro atoms. The SMILES string of the molecule is OCC(O)CSCC(F)(F)F. The molecule has 1 unspecified atom stereocenters. The predicted molar refractivity (Wildman–Crippen MR) is 36.5 cm³/mol. The Hall–Kier alpha value is 0.0600. The van der Waals surface area contributed by atoms with Crippen LogP contribution in [0, 0.1) is 0 Å². The highest BCUT2D eigenvalue weighted by Gasteiger charge is 2.27. The quantitative estimate of drug-likeness (QED) is 0.683. The van der Waals surface area contributed by atoms with E-state index in [1.807, 2.05) is 0 Å². The van der Waals surface area contributed by atoms with Gasteiger partial charge in [0.25, 0.3) is 0 Å². The molecule has 2 N–H and O–H groups in total. The van der Waals surface area contributed by atoms with Crippen molar-refractivity contribution in [3.63, 3.8) is 0 Å². The lowest BCUT2D eigenvalue weighted by atomic mass is 10.4. The van der Waals surface area contributed by atoms with Gasteiger partial charge in [-0.1, -0.05) is 0 Å². The summed E-state index contributed by atoms with van der Waals surface area (Å²) in [6.07, 6.45) is -5.25. The molecule has 0 bridgehead atoms. The van der Waals surface area contributed by atoms with Crippen LogP contribution in [-0.2, 0) is 0 Å². The van der Waals surface area contributed by atoms with Crippen LogP contribution in [0.4, 0.5) is 13.2 Å². The number of rotatable bonds is 4. The van der Waals surface area contributed by atoms with Gasteiger partial charge in [0.1, 0.15) is 0 Å². The smallest absolute Gasteiger partial charge is 0.394 e. The predicted octanol–water partition coefficient (Wildman–Crippen LogP) is 0.635. The lowest BCUT2D eigenvalue weighted by Crippen LogP contribution is -2.18. The van der Waals surface area contributed by atoms with Crippen LogP contribution in [0.1, 0.15) is 0 Å². The Morgan fingerprint density at radius 3 is 2.27 bits per heavy atom. The normalized spacial score (nSPS) is 15.0. The van der Waals surface area contributed by atoms with E-state index in [2.05, 4.69) is 0 Å². The molecule has 0 radical (unpaired) electrons. The highest BCUT2D eigenvalue weighted by atomic mass is 32.2. The van der Waals surface area contributed by atoms with Crippen LogP contribution >= 0.6 is 11.8 Å². The first-order chi connectivity index (χ1) is 4.95. The fourth-order valence-corrected chi connectivity index (χ4v) is 1.09. The van der Waals surface area contributed by atoms with Crippen molar-refractivity contribution in [2.24, 2.45) is 0 Å². The second-order valence-electron chi connectivity index (χ2n) is 1.97. The Kier molecular flexibility index (Phi) is 4.87. The largest absolute Gasteiger partial charge is 0.397 e. The van der Waals surface area contributed by atoms with Crippen molar-refractivity contribution in [3.05, 3.63) is 0 Å². The minimum absolute atomic E-state index is 0.0873. The molecule has 0 saturated carbocycles. The Balaban J connectivity index is 3.28. The lowest BCUT2D eigenvalue weighted by Gasteiger charge is -2.08. The van der Waals surface area contributed by atoms with Gasteiger partial charge in [-0.15, -0.1) is 11.8 Å². The van der Waals surface area contributed by atoms with Gasteiger partial charge in [-0.25, -0.2) is 0 Å². The molecule has 0 rings (SSSR count). The molecule has 0 aliphatic heterocycles. The van der Waals surface area contributed by atoms with Crippen molar-refractivity contribution < 1.29 is 23.4 Å². The number of hydrogen-bond acceptors (Lipinski definition) is 3. The molecule has 68 valence electrons. The first kappa shape index (κ1) is 11.1. The van der Waals surface area contributed by atoms with Gasteiger partial charge in [0.15, 0.2) is 0 Å². The van der Waals surface area contributed by atoms with E-state index in [0.717, 1.165) is 0 Å². The van der Waals surface area contributed by atoms with Crippen LogP contribution in [0.15, 0.2) is 0 Å². The number of hydrogen-bond donors (Lipinski definition) is 2. The maximum absolute atomic E-state index is 11.4. The summed E-state index contributed by atoms with van der Waals surface area (Å²) in [5.74, 6) is -1.07. The number of aliphatic hydroxyl groups is 2. The zero-order valence-electron chi connectivity index (χ0n) is 5.64. The fourth-order valence-electron chi connectivity index (χ4n) is 0.363. The third kappa shape index (κ3) is 7.96. The van der Waals surface area contributed by atoms with Crippen LogP contribution in [0.2, 0.25) is 0 Å². The molecule has 0 saturated heterocycles. The van der Waals surface area contributed by atoms with Crippen molar-refractivity contribution in [2.75, 3.05) is 18.1 Å². The van der Waals surface area contributed by atoms with Crippen molar-refractivity contribution in [1.29, 1.82) is 0 Å². The average Bonchev–Trinajstić information content (AvgIpc) is 1.85. The van der Waals surface area contributed by atoms with E-state index in [1.54, 1.807) is 0 Å². The maximum atomic E-state index is 11.4. The molecule has 0 aromatic carbocycles. The molecular weight excluding hydrogens is 181 g/mol. The summed E-state index contributed by atoms with van der Waals surface area (Å²) in [6, 6.07) is 0. The van der Waals surface area contributed by atoms with E-state index in [9.17, 15) is 13.2 Å². The third-order valence-electron chi connectivity index (χ3n) is 0.787. The number of aliphatic hydroxyl groups excluding tert-OH is 2. The van der Waals surface area contributed by atoms with Gasteiger partial charge in [-0.2, -0.15) is 13.2 Å². The summed E-state index contributed by atoms with van der Waals surface area (Å²) in [5.41, 5.74) is 0. The van der Waals surface area contributed by atoms with Crippen molar-refractivity contribution in [2.45, 2.75) is 12.3 Å². The van der Waals surface area contributed by atoms with Gasteiger partial charge in [-0.05, 0) is 0 Å². The van der Waals surface area contributed by atoms with E-state index in [0.29, 0.717) is 11.8 Å². The summed E-state index contributed by atoms with van der Waals surface area (Å²) < 4.78 is 34.3. The molecule has 11 heavy (non-hydrogen) atoms. The van der Waals surface area contributed by atoms with Crippen LogP contribution in [0.25, 0.3) is 0 Å². The molecule has 0 amide bonds. The van der Waals surface area contributed by atoms with E-state index in [-0.39, 0.29) is 5.75 Å². The summed E-state index contributed by atoms with van der Waals surface area (Å²) in [6.45, 7) is -0.495. The number of alkyl halides is 3. The third-order valence-corrected chi connectivity index (χ3v) is 1.94. The highest BCUT2D eigenvalue weighted by molar-refractivity contribution is 7.99. The molecule has 0 aromatic heterocycles. The van der Waals surface area contributed by atoms with Gasteiger partial charge in [0.05, 0.1) is 18.5 Å². The van der Waals surface area contributed by atoms with E-state index >= 15 is 0 Å². The van der Waals surface area contributed by atoms with Gasteiger partial charge in [0, 0.05) is 5.75 Å². The molecule has 6 heteroatoms. The molecular formula is C5H9F3O2S. The minimum atomic E-state index is -4.19. The van der Waals surface area contributed by atoms with Gasteiger partial charge >= 0.3 is 6.18 Å². The van der Waals surface area contributed by atoms with Gasteiger partial charge in [-0.3, -0.25) is 0 Å². The van der Waals surface area contributed by atoms with Crippen LogP contribution < -0.4 is 0 Å². The van der Waals surface area contributed by atoms with Crippen molar-refractivity contribution >= 4 is 11.8 Å². The van der Waals surface area contributed by atoms with Crippen molar-refractivity contribution in [3.8, 4) is 0 Å². The summed E-state index contributed by atoms with van der Waals surface area (Å²) >= 11 is 0.558. The Bertz CT molecular complexity index is 106. The average molecular weight is 190 g/mol. The van der Waals surface area contributed by atoms with Crippen LogP contribution in [0.5, 0.6) is 0 Å². The molecule has 0 fully saturated rings. The standard InChI is InChI=1S/C5H9F3O2S/c6-5(7,8)3-11-2-4(10)1-9/h4,9-10H,1-3H2. The summed E-state index contributed by atoms with van der Waals surface area (Å²) in [7, 11) is 0. The minimum Gasteiger partial charge on any atom is -0.394 e. The second kappa shape index (κ2) is 4.84. The van der Waals surface area contributed by atoms with Crippen molar-refractivity contribution in [1.82, 2.24) is 0 Å². The zero-order valence-corrected chi connectivity index (χ0v) is 6.45. The number of halogens is 3. The van der Waals surface area contributed by atoms with E-state index < -0.39 is 24.6 Å². The summed E-state index contributed by atoms with van der Waals surface area (Å²) in [5, 5.41) is 16.8. The maximum Gasteiger partial charge on any atom is 0.397 e.